The van der Waals surface area contributed by atoms with Crippen LogP contribution >= 0.6 is 23.7 Å². The van der Waals surface area contributed by atoms with Gasteiger partial charge in [-0.15, -0.1) is 15.7 Å². The average molecular weight is 1290 g/mol. The molecule has 0 spiro atoms. The van der Waals surface area contributed by atoms with E-state index in [1.165, 1.54) is 36.5 Å². The van der Waals surface area contributed by atoms with Crippen molar-refractivity contribution in [2.75, 3.05) is 26.2 Å². The number of benzene rings is 3. The molecular formula is C57H72N9NaO20S2. The van der Waals surface area contributed by atoms with Crippen molar-refractivity contribution in [2.45, 2.75) is 145 Å². The number of fused-ring (bicyclic) bond motifs is 2. The van der Waals surface area contributed by atoms with E-state index in [0.29, 0.717) is 17.2 Å². The summed E-state index contributed by atoms with van der Waals surface area (Å²) in [6, 6.07) is 5.61. The molecule has 0 saturated carbocycles. The fraction of sp³-hybridized carbons (Fsp3) is 0.491. The molecule has 13 atom stereocenters. The average Bonchev–Trinajstić information content (AvgIpc) is 3.18. The van der Waals surface area contributed by atoms with Crippen molar-refractivity contribution in [1.82, 2.24) is 41.4 Å². The summed E-state index contributed by atoms with van der Waals surface area (Å²) in [7, 11) is 0. The third-order valence-electron chi connectivity index (χ3n) is 15.1. The number of carbonyl (C=O) groups excluding carboxylic acids is 8. The number of phenolic OH excluding ortho intramolecular Hbond substituents is 1. The van der Waals surface area contributed by atoms with Crippen LogP contribution in [0.5, 0.6) is 17.2 Å². The van der Waals surface area contributed by atoms with Gasteiger partial charge in [0, 0.05) is 62.1 Å². The first-order valence-corrected chi connectivity index (χ1v) is 29.8. The molecule has 1 aromatic heterocycles. The maximum Gasteiger partial charge on any atom is 1.00 e. The number of ether oxygens (including phenoxy) is 1. The summed E-state index contributed by atoms with van der Waals surface area (Å²) in [5, 5.41) is 105. The summed E-state index contributed by atoms with van der Waals surface area (Å²) in [6.45, 7) is 3.64. The monoisotopic (exact) mass is 1290 g/mol. The molecule has 8 amide bonds. The Balaban J connectivity index is 0.0000126. The van der Waals surface area contributed by atoms with Crippen LogP contribution in [0.25, 0.3) is 21.0 Å². The Bertz CT molecular complexity index is 3100. The third-order valence-corrected chi connectivity index (χ3v) is 16.6. The Hall–Kier alpha value is -6.56. The van der Waals surface area contributed by atoms with Gasteiger partial charge in [-0.1, -0.05) is 51.3 Å². The van der Waals surface area contributed by atoms with Crippen LogP contribution in [-0.4, -0.2) is 197 Å². The quantitative estimate of drug-likeness (QED) is 0.0122. The number of aliphatic hydroxyl groups is 6. The molecule has 3 aromatic carbocycles. The molecule has 4 aromatic rings. The summed E-state index contributed by atoms with van der Waals surface area (Å²) in [5.41, 5.74) is 7.05. The minimum atomic E-state index is -2.22. The van der Waals surface area contributed by atoms with Crippen LogP contribution in [0, 0.1) is 5.92 Å². The first-order chi connectivity index (χ1) is 42.0. The molecule has 478 valence electrons. The molecule has 0 radical (unpaired) electrons. The number of hydrogen-bond donors (Lipinski definition) is 13. The van der Waals surface area contributed by atoms with E-state index in [4.69, 9.17) is 14.7 Å². The number of nitrogens with two attached hydrogens (primary N) is 1. The van der Waals surface area contributed by atoms with Crippen molar-refractivity contribution in [3.63, 3.8) is 0 Å². The fourth-order valence-electron chi connectivity index (χ4n) is 10.4. The van der Waals surface area contributed by atoms with Gasteiger partial charge in [0.05, 0.1) is 54.5 Å². The van der Waals surface area contributed by atoms with Crippen molar-refractivity contribution in [1.29, 1.82) is 0 Å². The van der Waals surface area contributed by atoms with E-state index in [2.05, 4.69) is 47.9 Å². The second-order valence-corrected chi connectivity index (χ2v) is 23.3. The number of primary amides is 1. The number of amides is 8. The van der Waals surface area contributed by atoms with Gasteiger partial charge in [-0.05, 0) is 73.0 Å². The van der Waals surface area contributed by atoms with Gasteiger partial charge in [0.25, 0.3) is 18.2 Å². The van der Waals surface area contributed by atoms with Crippen LogP contribution in [-0.2, 0) is 49.4 Å². The predicted molar refractivity (Wildman–Crippen MR) is 310 cm³/mol. The number of β-amino-alcohol motifs (C(OH)–C–C–N with tert-alkyl or cyclic N) is 1. The Kier molecular flexibility index (Phi) is 26.9. The molecule has 14 N–H and O–H groups in total. The maximum absolute atomic E-state index is 14.7. The van der Waals surface area contributed by atoms with Gasteiger partial charge in [0.15, 0.2) is 11.5 Å². The zero-order valence-electron chi connectivity index (χ0n) is 49.1. The number of nitrogens with zero attached hydrogens (tertiary/aromatic N) is 3. The van der Waals surface area contributed by atoms with Gasteiger partial charge in [-0.2, -0.15) is 0 Å². The molecule has 0 bridgehead atoms. The summed E-state index contributed by atoms with van der Waals surface area (Å²) in [5.74, 6) is -10.4. The number of rotatable bonds is 21. The molecular weight excluding hydrogens is 1220 g/mol. The van der Waals surface area contributed by atoms with Crippen molar-refractivity contribution >= 4 is 70.9 Å². The van der Waals surface area contributed by atoms with E-state index in [1.807, 2.05) is 24.3 Å². The minimum Gasteiger partial charge on any atom is -0.691 e. The molecule has 3 fully saturated rings. The summed E-state index contributed by atoms with van der Waals surface area (Å²) < 4.78 is 15.0. The number of aliphatic hydroxyl groups excluding tert-OH is 6. The van der Waals surface area contributed by atoms with Crippen LogP contribution in [0.1, 0.15) is 81.6 Å². The van der Waals surface area contributed by atoms with Gasteiger partial charge < -0.3 is 92.0 Å². The van der Waals surface area contributed by atoms with E-state index >= 15 is 0 Å². The standard InChI is InChI=1S/C57H73N9O20S2.Na/c1-4-5-6-7-18-83-36-15-13-31(14-16-36)43-25-60-55(87-43)33-11-9-32(10-12-33)50(75)61-37-21-34(68)24-59-54(79)48-49(74)28(2)26-66(48)57(81)47(41(72)23-44(58)73)64-53(78)46(40(71)19-30-8-17-39(70)42(20-30)84-88-86-85-82)63-52(77)38-22-35(69)27-65(38)56(80)45(29(3)67)62-51(37)76;/h8-17,20,25,28-29,34-35,37-38,40-41,45-49,67-72,74,82H,4-7,18-19,21-24,26-27H2,1-3H3,(H2,58,73)(H,59,79)(H,61,75)(H,62,76)(H,63,77)(H,64,78);/q;+1/p-1/t28?,29?,34?,35?,37-,38?,40?,41?,45?,46?,47?,48?,49?;/m0./s1. The van der Waals surface area contributed by atoms with Crippen LogP contribution in [0.3, 0.4) is 0 Å². The molecule has 32 heteroatoms. The normalized spacial score (nSPS) is 24.9. The smallest absolute Gasteiger partial charge is 0.691 e. The van der Waals surface area contributed by atoms with Crippen molar-refractivity contribution in [3.8, 4) is 38.3 Å². The summed E-state index contributed by atoms with van der Waals surface area (Å²) in [4.78, 5) is 120. The van der Waals surface area contributed by atoms with Gasteiger partial charge in [-0.3, -0.25) is 43.4 Å². The molecule has 3 aliphatic heterocycles. The largest absolute Gasteiger partial charge is 1.00 e. The third kappa shape index (κ3) is 19.0. The molecule has 3 saturated heterocycles. The number of nitrogens with one attached hydrogen (secondary N) is 5. The number of aromatic nitrogens is 1. The molecule has 89 heavy (non-hydrogen) atoms. The first-order valence-electron chi connectivity index (χ1n) is 28.4. The van der Waals surface area contributed by atoms with Crippen molar-refractivity contribution < 1.29 is 127 Å². The minimum absolute atomic E-state index is 0. The Labute approximate surface area is 541 Å². The van der Waals surface area contributed by atoms with Crippen molar-refractivity contribution in [3.05, 3.63) is 84.1 Å². The molecule has 7 rings (SSSR count). The summed E-state index contributed by atoms with van der Waals surface area (Å²) >= 11 is 1.40. The second kappa shape index (κ2) is 33.5. The van der Waals surface area contributed by atoms with Gasteiger partial charge in [0.2, 0.25) is 41.4 Å². The zero-order chi connectivity index (χ0) is 63.9. The zero-order valence-corrected chi connectivity index (χ0v) is 52.7. The molecule has 0 aliphatic carbocycles. The molecule has 29 nitrogen and oxygen atoms in total. The van der Waals surface area contributed by atoms with E-state index in [0.717, 1.165) is 70.7 Å². The Morgan fingerprint density at radius 3 is 2.17 bits per heavy atom. The SMILES string of the molecule is CCCCCCOc1ccc(-c2cnc(-c3ccc(C(=O)N[C@H]4CC(O)CNC(=O)C5C(O)C(C)CN5C(=O)C(C(O)CC(N)=O)NC(=O)C(C(O)Cc5ccc(O)c(OSOO[O-])c5)NC(=O)C5CC(O)CN5C(=O)C(C(C)O)NC4=O)cc3)s2)cc1.[Na+]. The van der Waals surface area contributed by atoms with Gasteiger partial charge >= 0.3 is 29.6 Å². The first kappa shape index (κ1) is 71.5. The van der Waals surface area contributed by atoms with Gasteiger partial charge in [0.1, 0.15) is 47.0 Å². The van der Waals surface area contributed by atoms with Crippen LogP contribution in [0.15, 0.2) is 72.9 Å². The molecule has 3 aliphatic rings. The van der Waals surface area contributed by atoms with Crippen LogP contribution < -0.4 is 76.1 Å². The number of aromatic hydroxyl groups is 1. The maximum atomic E-state index is 14.7. The van der Waals surface area contributed by atoms with Crippen molar-refractivity contribution in [2.24, 2.45) is 11.7 Å². The second-order valence-electron chi connectivity index (χ2n) is 21.8. The Morgan fingerprint density at radius 1 is 0.820 bits per heavy atom. The van der Waals surface area contributed by atoms with E-state index in [-0.39, 0.29) is 58.8 Å². The predicted octanol–water partition coefficient (Wildman–Crippen LogP) is -4.86. The topological polar surface area (TPSA) is 444 Å². The molecule has 4 heterocycles. The number of hydrogen-bond acceptors (Lipinski definition) is 23. The number of carbonyl (C=O) groups is 8. The van der Waals surface area contributed by atoms with Crippen LogP contribution in [0.4, 0.5) is 0 Å². The summed E-state index contributed by atoms with van der Waals surface area (Å²) in [6.07, 6.45) is -7.57. The molecule has 12 unspecified atom stereocenters. The van der Waals surface area contributed by atoms with E-state index in [9.17, 15) is 79.4 Å². The number of thiazole rings is 1. The van der Waals surface area contributed by atoms with E-state index < -0.39 is 177 Å². The van der Waals surface area contributed by atoms with Crippen LogP contribution in [0.2, 0.25) is 0 Å². The number of unbranched alkanes of at least 4 members (excludes halogenated alkanes) is 3. The van der Waals surface area contributed by atoms with E-state index in [1.54, 1.807) is 18.3 Å². The number of phenols is 1. The van der Waals surface area contributed by atoms with Gasteiger partial charge in [-0.25, -0.2) is 4.98 Å². The Morgan fingerprint density at radius 2 is 1.49 bits per heavy atom. The fourth-order valence-corrected chi connectivity index (χ4v) is 11.6.